The monoisotopic (exact) mass is 459 g/mol. The fourth-order valence-electron chi connectivity index (χ4n) is 5.70. The number of carboxylic acid groups (broad SMARTS) is 1. The zero-order chi connectivity index (χ0) is 23.4. The van der Waals surface area contributed by atoms with Crippen LogP contribution in [0.15, 0.2) is 35.9 Å². The second-order valence-electron chi connectivity index (χ2n) is 9.17. The minimum absolute atomic E-state index is 0.148. The number of nitrogens with zero attached hydrogens (tertiary/aromatic N) is 1. The number of methoxy groups -OCH3 is 1. The molecule has 3 aromatic rings. The lowest BCUT2D eigenvalue weighted by Crippen LogP contribution is -2.10. The molecule has 0 radical (unpaired) electrons. The second-order valence-corrected chi connectivity index (χ2v) is 9.17. The van der Waals surface area contributed by atoms with Gasteiger partial charge in [-0.15, -0.1) is 0 Å². The third kappa shape index (κ3) is 3.18. The van der Waals surface area contributed by atoms with E-state index in [1.54, 1.807) is 12.1 Å². The van der Waals surface area contributed by atoms with Gasteiger partial charge >= 0.3 is 11.9 Å². The zero-order valence-electron chi connectivity index (χ0n) is 18.9. The highest BCUT2D eigenvalue weighted by atomic mass is 16.7. The number of carboxylic acids is 1. The molecule has 174 valence electrons. The number of rotatable bonds is 3. The van der Waals surface area contributed by atoms with E-state index in [9.17, 15) is 14.7 Å². The summed E-state index contributed by atoms with van der Waals surface area (Å²) in [6, 6.07) is 9.46. The van der Waals surface area contributed by atoms with Crippen LogP contribution in [0, 0.1) is 0 Å². The molecule has 2 aromatic carbocycles. The number of ether oxygens (including phenoxy) is 3. The highest BCUT2D eigenvalue weighted by molar-refractivity contribution is 6.02. The van der Waals surface area contributed by atoms with E-state index in [0.717, 1.165) is 40.6 Å². The first-order valence-corrected chi connectivity index (χ1v) is 11.7. The molecular weight excluding hydrogens is 434 g/mol. The van der Waals surface area contributed by atoms with Gasteiger partial charge in [0.2, 0.25) is 6.79 Å². The molecule has 1 N–H and O–H groups in total. The number of hydrogen-bond donors (Lipinski definition) is 1. The Bertz CT molecular complexity index is 1380. The number of benzene rings is 2. The Labute approximate surface area is 196 Å². The third-order valence-electron chi connectivity index (χ3n) is 7.27. The molecule has 7 heteroatoms. The van der Waals surface area contributed by atoms with Crippen molar-refractivity contribution < 1.29 is 28.9 Å². The number of aromatic nitrogens is 1. The summed E-state index contributed by atoms with van der Waals surface area (Å²) in [6.07, 6.45) is 7.48. The minimum atomic E-state index is -0.971. The SMILES string of the molecule is COC(=O)c1ccc2c(C3CCCCC3)c3n(c2c1)CC(C(=O)O)=Cc1cc2c(cc1-3)OCO2. The van der Waals surface area contributed by atoms with E-state index < -0.39 is 11.9 Å². The van der Waals surface area contributed by atoms with Crippen LogP contribution in [-0.2, 0) is 16.1 Å². The Morgan fingerprint density at radius 2 is 1.82 bits per heavy atom. The molecule has 1 saturated carbocycles. The van der Waals surface area contributed by atoms with E-state index in [1.165, 1.54) is 31.9 Å². The maximum atomic E-state index is 12.3. The molecule has 6 rings (SSSR count). The van der Waals surface area contributed by atoms with Gasteiger partial charge < -0.3 is 23.9 Å². The predicted octanol–water partition coefficient (Wildman–Crippen LogP) is 5.35. The van der Waals surface area contributed by atoms with Crippen molar-refractivity contribution in [1.82, 2.24) is 4.57 Å². The first-order valence-electron chi connectivity index (χ1n) is 11.7. The van der Waals surface area contributed by atoms with Gasteiger partial charge in [0.15, 0.2) is 11.5 Å². The summed E-state index contributed by atoms with van der Waals surface area (Å²) in [4.78, 5) is 24.5. The summed E-state index contributed by atoms with van der Waals surface area (Å²) in [5.74, 6) is 0.259. The highest BCUT2D eigenvalue weighted by Gasteiger charge is 2.31. The van der Waals surface area contributed by atoms with Crippen molar-refractivity contribution in [3.63, 3.8) is 0 Å². The predicted molar refractivity (Wildman–Crippen MR) is 126 cm³/mol. The van der Waals surface area contributed by atoms with Crippen molar-refractivity contribution in [1.29, 1.82) is 0 Å². The van der Waals surface area contributed by atoms with Crippen LogP contribution in [0.1, 0.15) is 59.5 Å². The summed E-state index contributed by atoms with van der Waals surface area (Å²) in [7, 11) is 1.36. The minimum Gasteiger partial charge on any atom is -0.478 e. The standard InChI is InChI=1S/C27H25NO6/c1-32-27(31)16-7-8-19-21(10-16)28-13-18(26(29)30)9-17-11-22-23(34-14-33-22)12-20(17)25(28)24(19)15-5-3-2-4-6-15/h7-12,15H,2-6,13-14H2,1H3,(H,29,30). The van der Waals surface area contributed by atoms with Crippen molar-refractivity contribution in [2.75, 3.05) is 13.9 Å². The zero-order valence-corrected chi connectivity index (χ0v) is 18.9. The van der Waals surface area contributed by atoms with Crippen molar-refractivity contribution in [3.05, 3.63) is 52.6 Å². The first kappa shape index (κ1) is 20.8. The molecule has 1 fully saturated rings. The Morgan fingerprint density at radius 3 is 2.56 bits per heavy atom. The van der Waals surface area contributed by atoms with Crippen LogP contribution in [0.3, 0.4) is 0 Å². The Morgan fingerprint density at radius 1 is 1.06 bits per heavy atom. The third-order valence-corrected chi connectivity index (χ3v) is 7.27. The number of carbonyl (C=O) groups is 2. The maximum Gasteiger partial charge on any atom is 0.337 e. The molecule has 0 spiro atoms. The molecule has 7 nitrogen and oxygen atoms in total. The number of hydrogen-bond acceptors (Lipinski definition) is 5. The van der Waals surface area contributed by atoms with Crippen LogP contribution in [0.5, 0.6) is 11.5 Å². The van der Waals surface area contributed by atoms with Gasteiger partial charge in [0.05, 0.1) is 30.5 Å². The Hall–Kier alpha value is -3.74. The van der Waals surface area contributed by atoms with Gasteiger partial charge in [-0.2, -0.15) is 0 Å². The topological polar surface area (TPSA) is 87.0 Å². The fourth-order valence-corrected chi connectivity index (χ4v) is 5.70. The molecule has 0 amide bonds. The van der Waals surface area contributed by atoms with Gasteiger partial charge in [-0.3, -0.25) is 0 Å². The molecule has 3 heterocycles. The molecule has 0 atom stereocenters. The fraction of sp³-hybridized carbons (Fsp3) is 0.333. The van der Waals surface area contributed by atoms with Crippen LogP contribution in [0.25, 0.3) is 28.2 Å². The summed E-state index contributed by atoms with van der Waals surface area (Å²) in [6.45, 7) is 0.342. The van der Waals surface area contributed by atoms with Crippen LogP contribution >= 0.6 is 0 Å². The molecule has 1 aromatic heterocycles. The van der Waals surface area contributed by atoms with E-state index in [2.05, 4.69) is 4.57 Å². The molecule has 0 unspecified atom stereocenters. The summed E-state index contributed by atoms with van der Waals surface area (Å²) in [5, 5.41) is 11.1. The van der Waals surface area contributed by atoms with Gasteiger partial charge in [-0.1, -0.05) is 25.3 Å². The van der Waals surface area contributed by atoms with Gasteiger partial charge in [0.25, 0.3) is 0 Å². The lowest BCUT2D eigenvalue weighted by molar-refractivity contribution is -0.132. The Balaban J connectivity index is 1.69. The largest absolute Gasteiger partial charge is 0.478 e. The van der Waals surface area contributed by atoms with Crippen molar-refractivity contribution >= 4 is 28.9 Å². The number of aliphatic carboxylic acids is 1. The molecule has 0 saturated heterocycles. The normalized spacial score (nSPS) is 17.0. The van der Waals surface area contributed by atoms with Crippen LogP contribution in [0.4, 0.5) is 0 Å². The van der Waals surface area contributed by atoms with Crippen LogP contribution in [-0.4, -0.2) is 35.5 Å². The van der Waals surface area contributed by atoms with Crippen molar-refractivity contribution in [3.8, 4) is 22.8 Å². The highest BCUT2D eigenvalue weighted by Crippen LogP contribution is 2.49. The molecule has 3 aliphatic rings. The summed E-state index contributed by atoms with van der Waals surface area (Å²) in [5.41, 5.74) is 5.52. The molecular formula is C27H25NO6. The van der Waals surface area contributed by atoms with Crippen molar-refractivity contribution in [2.24, 2.45) is 0 Å². The van der Waals surface area contributed by atoms with E-state index >= 15 is 0 Å². The average molecular weight is 459 g/mol. The smallest absolute Gasteiger partial charge is 0.337 e. The van der Waals surface area contributed by atoms with Gasteiger partial charge in [0, 0.05) is 16.5 Å². The number of fused-ring (bicyclic) bond motifs is 6. The quantitative estimate of drug-likeness (QED) is 0.531. The second kappa shape index (κ2) is 7.94. The first-order chi connectivity index (χ1) is 16.5. The lowest BCUT2D eigenvalue weighted by atomic mass is 9.81. The van der Waals surface area contributed by atoms with Crippen LogP contribution < -0.4 is 9.47 Å². The summed E-state index contributed by atoms with van der Waals surface area (Å²) < 4.78 is 18.3. The van der Waals surface area contributed by atoms with Gasteiger partial charge in [0.1, 0.15) is 0 Å². The Kier molecular flexibility index (Phi) is 4.86. The average Bonchev–Trinajstić information content (AvgIpc) is 3.39. The maximum absolute atomic E-state index is 12.3. The number of esters is 1. The van der Waals surface area contributed by atoms with Crippen LogP contribution in [0.2, 0.25) is 0 Å². The molecule has 2 aliphatic heterocycles. The van der Waals surface area contributed by atoms with Gasteiger partial charge in [-0.05, 0) is 60.2 Å². The van der Waals surface area contributed by atoms with E-state index in [4.69, 9.17) is 14.2 Å². The van der Waals surface area contributed by atoms with Gasteiger partial charge in [-0.25, -0.2) is 9.59 Å². The van der Waals surface area contributed by atoms with E-state index in [1.807, 2.05) is 24.3 Å². The molecule has 0 bridgehead atoms. The van der Waals surface area contributed by atoms with E-state index in [0.29, 0.717) is 23.0 Å². The van der Waals surface area contributed by atoms with Crippen molar-refractivity contribution in [2.45, 2.75) is 44.6 Å². The molecule has 1 aliphatic carbocycles. The molecule has 34 heavy (non-hydrogen) atoms. The number of carbonyl (C=O) groups excluding carboxylic acids is 1. The van der Waals surface area contributed by atoms with E-state index in [-0.39, 0.29) is 18.9 Å². The summed E-state index contributed by atoms with van der Waals surface area (Å²) >= 11 is 0. The lowest BCUT2D eigenvalue weighted by Gasteiger charge is -2.24.